The number of hydrogen-bond acceptors (Lipinski definition) is 8. The van der Waals surface area contributed by atoms with E-state index < -0.39 is 12.0 Å². The fourth-order valence-electron chi connectivity index (χ4n) is 4.44. The number of fused-ring (bicyclic) bond motifs is 1. The number of esters is 2. The third kappa shape index (κ3) is 5.13. The van der Waals surface area contributed by atoms with Crippen LogP contribution >= 0.6 is 11.3 Å². The summed E-state index contributed by atoms with van der Waals surface area (Å²) >= 11 is 1.23. The number of carbonyl (C=O) groups is 2. The van der Waals surface area contributed by atoms with Gasteiger partial charge < -0.3 is 13.9 Å². The van der Waals surface area contributed by atoms with Gasteiger partial charge in [-0.2, -0.15) is 0 Å². The quantitative estimate of drug-likeness (QED) is 0.324. The van der Waals surface area contributed by atoms with Gasteiger partial charge in [0.25, 0.3) is 5.56 Å². The Morgan fingerprint density at radius 2 is 1.67 bits per heavy atom. The standard InChI is InChI=1S/C30H26N2O6S/c1-4-36-28(34)21-13-11-19(12-14-21)23-16-15-22(38-23)17-24-27(33)32-26(20-9-7-6-8-10-20)25(29(35)37-5-2)18(3)31-30(32)39-24/h6-17,26H,4-5H2,1-3H3/b24-17-/t26-/m0/s1. The average molecular weight is 543 g/mol. The minimum Gasteiger partial charge on any atom is -0.463 e. The van der Waals surface area contributed by atoms with Gasteiger partial charge >= 0.3 is 11.9 Å². The summed E-state index contributed by atoms with van der Waals surface area (Å²) in [6.07, 6.45) is 1.67. The van der Waals surface area contributed by atoms with Gasteiger partial charge in [0.05, 0.1) is 40.6 Å². The first kappa shape index (κ1) is 26.1. The minimum atomic E-state index is -0.659. The molecule has 1 aliphatic heterocycles. The highest BCUT2D eigenvalue weighted by atomic mass is 32.1. The van der Waals surface area contributed by atoms with Crippen molar-refractivity contribution in [3.8, 4) is 11.3 Å². The predicted molar refractivity (Wildman–Crippen MR) is 147 cm³/mol. The Morgan fingerprint density at radius 1 is 0.974 bits per heavy atom. The first-order chi connectivity index (χ1) is 18.9. The minimum absolute atomic E-state index is 0.216. The Bertz CT molecular complexity index is 1740. The summed E-state index contributed by atoms with van der Waals surface area (Å²) in [7, 11) is 0. The van der Waals surface area contributed by atoms with E-state index in [1.807, 2.05) is 30.3 Å². The molecule has 9 heteroatoms. The molecule has 2 aromatic carbocycles. The summed E-state index contributed by atoms with van der Waals surface area (Å²) in [4.78, 5) is 43.6. The molecule has 0 saturated carbocycles. The van der Waals surface area contributed by atoms with Gasteiger partial charge in [-0.3, -0.25) is 9.36 Å². The Labute approximate surface area is 228 Å². The van der Waals surface area contributed by atoms with Gasteiger partial charge in [0.2, 0.25) is 0 Å². The lowest BCUT2D eigenvalue weighted by Crippen LogP contribution is -2.39. The lowest BCUT2D eigenvalue weighted by Gasteiger charge is -2.24. The zero-order valence-electron chi connectivity index (χ0n) is 21.7. The summed E-state index contributed by atoms with van der Waals surface area (Å²) in [5, 5.41) is 0. The average Bonchev–Trinajstić information content (AvgIpc) is 3.53. The smallest absolute Gasteiger partial charge is 0.338 e. The monoisotopic (exact) mass is 542 g/mol. The predicted octanol–water partition coefficient (Wildman–Crippen LogP) is 4.24. The van der Waals surface area contributed by atoms with E-state index in [9.17, 15) is 14.4 Å². The molecule has 2 aromatic heterocycles. The molecule has 5 rings (SSSR count). The second kappa shape index (κ2) is 11.1. The van der Waals surface area contributed by atoms with Crippen LogP contribution in [0.1, 0.15) is 48.5 Å². The van der Waals surface area contributed by atoms with Crippen molar-refractivity contribution in [1.29, 1.82) is 0 Å². The maximum Gasteiger partial charge on any atom is 0.338 e. The first-order valence-corrected chi connectivity index (χ1v) is 13.3. The Kier molecular flexibility index (Phi) is 7.42. The molecule has 0 spiro atoms. The van der Waals surface area contributed by atoms with Gasteiger partial charge in [0.1, 0.15) is 11.5 Å². The maximum absolute atomic E-state index is 13.7. The fraction of sp³-hybridized carbons (Fsp3) is 0.200. The lowest BCUT2D eigenvalue weighted by atomic mass is 9.96. The molecule has 1 atom stereocenters. The van der Waals surface area contributed by atoms with Gasteiger partial charge in [-0.05, 0) is 50.6 Å². The number of ether oxygens (including phenoxy) is 2. The molecule has 0 N–H and O–H groups in total. The topological polar surface area (TPSA) is 100 Å². The first-order valence-electron chi connectivity index (χ1n) is 12.5. The lowest BCUT2D eigenvalue weighted by molar-refractivity contribution is -0.139. The van der Waals surface area contributed by atoms with E-state index in [-0.39, 0.29) is 18.1 Å². The largest absolute Gasteiger partial charge is 0.463 e. The van der Waals surface area contributed by atoms with Crippen molar-refractivity contribution < 1.29 is 23.5 Å². The van der Waals surface area contributed by atoms with Crippen LogP contribution < -0.4 is 14.9 Å². The van der Waals surface area contributed by atoms with Gasteiger partial charge in [-0.1, -0.05) is 53.8 Å². The van der Waals surface area contributed by atoms with Crippen molar-refractivity contribution in [2.24, 2.45) is 4.99 Å². The third-order valence-electron chi connectivity index (χ3n) is 6.21. The number of aromatic nitrogens is 1. The van der Waals surface area contributed by atoms with E-state index in [0.717, 1.165) is 11.1 Å². The van der Waals surface area contributed by atoms with Crippen LogP contribution in [0.5, 0.6) is 0 Å². The van der Waals surface area contributed by atoms with E-state index in [4.69, 9.17) is 13.9 Å². The van der Waals surface area contributed by atoms with Gasteiger partial charge in [-0.15, -0.1) is 0 Å². The molecule has 1 aliphatic rings. The van der Waals surface area contributed by atoms with Crippen LogP contribution in [0.4, 0.5) is 0 Å². The number of nitrogens with zero attached hydrogens (tertiary/aromatic N) is 2. The van der Waals surface area contributed by atoms with Crippen LogP contribution in [-0.2, 0) is 14.3 Å². The number of benzene rings is 2. The van der Waals surface area contributed by atoms with Crippen molar-refractivity contribution in [2.45, 2.75) is 26.8 Å². The number of thiazole rings is 1. The SMILES string of the molecule is CCOC(=O)C1=C(C)N=c2s/c(=C\c3ccc(-c4ccc(C(=O)OCC)cc4)o3)c(=O)n2[C@H]1c1ccccc1. The second-order valence-electron chi connectivity index (χ2n) is 8.71. The van der Waals surface area contributed by atoms with Crippen LogP contribution in [0.25, 0.3) is 17.4 Å². The fourth-order valence-corrected chi connectivity index (χ4v) is 5.47. The van der Waals surface area contributed by atoms with E-state index in [2.05, 4.69) is 4.99 Å². The third-order valence-corrected chi connectivity index (χ3v) is 7.20. The van der Waals surface area contributed by atoms with Crippen LogP contribution in [0.3, 0.4) is 0 Å². The van der Waals surface area contributed by atoms with Crippen LogP contribution in [-0.4, -0.2) is 29.7 Å². The van der Waals surface area contributed by atoms with Crippen LogP contribution in [0.2, 0.25) is 0 Å². The van der Waals surface area contributed by atoms with Crippen molar-refractivity contribution >= 4 is 29.4 Å². The molecule has 0 saturated heterocycles. The number of allylic oxidation sites excluding steroid dienone is 1. The van der Waals surface area contributed by atoms with Crippen molar-refractivity contribution in [3.63, 3.8) is 0 Å². The van der Waals surface area contributed by atoms with E-state index in [1.54, 1.807) is 67.8 Å². The molecule has 39 heavy (non-hydrogen) atoms. The van der Waals surface area contributed by atoms with Crippen molar-refractivity contribution in [2.75, 3.05) is 13.2 Å². The number of hydrogen-bond donors (Lipinski definition) is 0. The molecular formula is C30H26N2O6S. The maximum atomic E-state index is 13.7. The normalized spacial score (nSPS) is 15.1. The molecule has 198 valence electrons. The summed E-state index contributed by atoms with van der Waals surface area (Å²) < 4.78 is 18.3. The van der Waals surface area contributed by atoms with Gasteiger partial charge in [0, 0.05) is 11.6 Å². The molecule has 3 heterocycles. The van der Waals surface area contributed by atoms with Crippen molar-refractivity contribution in [1.82, 2.24) is 4.57 Å². The number of rotatable bonds is 7. The van der Waals surface area contributed by atoms with E-state index >= 15 is 0 Å². The zero-order valence-corrected chi connectivity index (χ0v) is 22.5. The van der Waals surface area contributed by atoms with Gasteiger partial charge in [0.15, 0.2) is 4.80 Å². The summed E-state index contributed by atoms with van der Waals surface area (Å²) in [6, 6.07) is 19.2. The Morgan fingerprint density at radius 3 is 2.36 bits per heavy atom. The molecular weight excluding hydrogens is 516 g/mol. The molecule has 0 fully saturated rings. The van der Waals surface area contributed by atoms with Crippen LogP contribution in [0.15, 0.2) is 92.2 Å². The summed E-state index contributed by atoms with van der Waals surface area (Å²) in [5.41, 5.74) is 2.60. The molecule has 0 radical (unpaired) electrons. The highest BCUT2D eigenvalue weighted by molar-refractivity contribution is 7.07. The second-order valence-corrected chi connectivity index (χ2v) is 9.72. The summed E-state index contributed by atoms with van der Waals surface area (Å²) in [6.45, 7) is 5.78. The molecule has 4 aromatic rings. The highest BCUT2D eigenvalue weighted by Crippen LogP contribution is 2.30. The van der Waals surface area contributed by atoms with Crippen LogP contribution in [0, 0.1) is 0 Å². The molecule has 0 aliphatic carbocycles. The zero-order chi connectivity index (χ0) is 27.5. The Balaban J connectivity index is 1.53. The molecule has 0 unspecified atom stereocenters. The Hall–Kier alpha value is -4.50. The molecule has 8 nitrogen and oxygen atoms in total. The van der Waals surface area contributed by atoms with Crippen molar-refractivity contribution in [3.05, 3.63) is 115 Å². The highest BCUT2D eigenvalue weighted by Gasteiger charge is 2.33. The van der Waals surface area contributed by atoms with E-state index in [0.29, 0.717) is 44.3 Å². The number of furan rings is 1. The number of carbonyl (C=O) groups excluding carboxylic acids is 2. The van der Waals surface area contributed by atoms with E-state index in [1.165, 1.54) is 11.3 Å². The molecule has 0 amide bonds. The van der Waals surface area contributed by atoms with Gasteiger partial charge in [-0.25, -0.2) is 14.6 Å². The summed E-state index contributed by atoms with van der Waals surface area (Å²) in [5.74, 6) is 0.204. The molecule has 0 bridgehead atoms.